The third-order valence-corrected chi connectivity index (χ3v) is 2.85. The van der Waals surface area contributed by atoms with E-state index in [0.29, 0.717) is 17.8 Å². The molecule has 0 fully saturated rings. The van der Waals surface area contributed by atoms with Crippen molar-refractivity contribution in [2.75, 3.05) is 31.9 Å². The molecule has 0 unspecified atom stereocenters. The summed E-state index contributed by atoms with van der Waals surface area (Å²) in [6, 6.07) is 7.03. The van der Waals surface area contributed by atoms with Crippen LogP contribution in [0.15, 0.2) is 24.3 Å². The van der Waals surface area contributed by atoms with E-state index >= 15 is 0 Å². The maximum Gasteiger partial charge on any atom is 0.251 e. The number of nitrogen functional groups attached to an aromatic ring is 1. The lowest BCUT2D eigenvalue weighted by atomic mass is 10.2. The maximum atomic E-state index is 11.8. The van der Waals surface area contributed by atoms with E-state index in [2.05, 4.69) is 24.1 Å². The number of benzene rings is 1. The Morgan fingerprint density at radius 1 is 1.33 bits per heavy atom. The smallest absolute Gasteiger partial charge is 0.251 e. The van der Waals surface area contributed by atoms with Crippen LogP contribution in [-0.2, 0) is 0 Å². The van der Waals surface area contributed by atoms with Crippen LogP contribution in [0.5, 0.6) is 0 Å². The monoisotopic (exact) mass is 249 g/mol. The van der Waals surface area contributed by atoms with Gasteiger partial charge in [0.2, 0.25) is 0 Å². The average Bonchev–Trinajstić information content (AvgIpc) is 2.37. The Kier molecular flexibility index (Phi) is 6.22. The molecule has 4 heteroatoms. The lowest BCUT2D eigenvalue weighted by molar-refractivity contribution is 0.0948. The fourth-order valence-corrected chi connectivity index (χ4v) is 1.85. The van der Waals surface area contributed by atoms with Gasteiger partial charge >= 0.3 is 0 Å². The van der Waals surface area contributed by atoms with Gasteiger partial charge in [0, 0.05) is 24.3 Å². The Hall–Kier alpha value is -1.55. The average molecular weight is 249 g/mol. The minimum atomic E-state index is -0.0603. The molecule has 0 atom stereocenters. The molecule has 1 aromatic rings. The number of carbonyl (C=O) groups is 1. The van der Waals surface area contributed by atoms with E-state index in [1.54, 1.807) is 24.3 Å². The van der Waals surface area contributed by atoms with Crippen molar-refractivity contribution < 1.29 is 4.79 Å². The number of anilines is 1. The van der Waals surface area contributed by atoms with Crippen LogP contribution in [-0.4, -0.2) is 37.0 Å². The summed E-state index contributed by atoms with van der Waals surface area (Å²) in [4.78, 5) is 14.2. The number of likely N-dealkylation sites (N-methyl/N-ethyl adjacent to an activating group) is 1. The highest BCUT2D eigenvalue weighted by molar-refractivity contribution is 5.94. The summed E-state index contributed by atoms with van der Waals surface area (Å²) in [5.74, 6) is -0.0603. The normalized spacial score (nSPS) is 10.6. The number of rotatable bonds is 7. The van der Waals surface area contributed by atoms with Crippen LogP contribution in [0, 0.1) is 0 Å². The number of hydrogen-bond donors (Lipinski definition) is 2. The van der Waals surface area contributed by atoms with Crippen molar-refractivity contribution in [1.29, 1.82) is 0 Å². The molecule has 0 bridgehead atoms. The summed E-state index contributed by atoms with van der Waals surface area (Å²) in [7, 11) is 0. The van der Waals surface area contributed by atoms with Gasteiger partial charge in [-0.25, -0.2) is 0 Å². The summed E-state index contributed by atoms with van der Waals surface area (Å²) in [6.07, 6.45) is 1.14. The van der Waals surface area contributed by atoms with Crippen LogP contribution in [0.4, 0.5) is 5.69 Å². The highest BCUT2D eigenvalue weighted by Gasteiger charge is 2.06. The molecule has 0 heterocycles. The minimum absolute atomic E-state index is 0.0603. The van der Waals surface area contributed by atoms with Crippen molar-refractivity contribution in [3.05, 3.63) is 29.8 Å². The van der Waals surface area contributed by atoms with Crippen LogP contribution in [0.2, 0.25) is 0 Å². The molecule has 0 saturated carbocycles. The first-order valence-electron chi connectivity index (χ1n) is 6.53. The Balaban J connectivity index is 2.37. The van der Waals surface area contributed by atoms with Crippen molar-refractivity contribution in [2.24, 2.45) is 0 Å². The molecule has 0 aliphatic carbocycles. The summed E-state index contributed by atoms with van der Waals surface area (Å²) >= 11 is 0. The highest BCUT2D eigenvalue weighted by Crippen LogP contribution is 2.05. The van der Waals surface area contributed by atoms with Gasteiger partial charge in [0.05, 0.1) is 0 Å². The second-order valence-electron chi connectivity index (χ2n) is 4.32. The zero-order valence-electron chi connectivity index (χ0n) is 11.3. The number of nitrogens with one attached hydrogen (secondary N) is 1. The van der Waals surface area contributed by atoms with Gasteiger partial charge in [-0.1, -0.05) is 19.9 Å². The number of nitrogens with zero attached hydrogens (tertiary/aromatic N) is 1. The predicted octanol–water partition coefficient (Wildman–Crippen LogP) is 1.73. The predicted molar refractivity (Wildman–Crippen MR) is 75.6 cm³/mol. The molecule has 1 amide bonds. The largest absolute Gasteiger partial charge is 0.399 e. The molecule has 0 aliphatic rings. The zero-order chi connectivity index (χ0) is 13.4. The number of carbonyl (C=O) groups excluding carboxylic acids is 1. The van der Waals surface area contributed by atoms with Crippen molar-refractivity contribution in [3.8, 4) is 0 Å². The summed E-state index contributed by atoms with van der Waals surface area (Å²) in [5.41, 5.74) is 6.88. The van der Waals surface area contributed by atoms with Gasteiger partial charge in [-0.15, -0.1) is 0 Å². The fraction of sp³-hybridized carbons (Fsp3) is 0.500. The van der Waals surface area contributed by atoms with Gasteiger partial charge in [-0.2, -0.15) is 0 Å². The second-order valence-corrected chi connectivity index (χ2v) is 4.32. The van der Waals surface area contributed by atoms with Crippen molar-refractivity contribution in [2.45, 2.75) is 20.3 Å². The Labute approximate surface area is 109 Å². The van der Waals surface area contributed by atoms with Crippen LogP contribution in [0.1, 0.15) is 30.6 Å². The first-order valence-corrected chi connectivity index (χ1v) is 6.53. The van der Waals surface area contributed by atoms with Crippen molar-refractivity contribution in [3.63, 3.8) is 0 Å². The van der Waals surface area contributed by atoms with E-state index in [1.165, 1.54) is 0 Å². The van der Waals surface area contributed by atoms with E-state index < -0.39 is 0 Å². The van der Waals surface area contributed by atoms with Crippen LogP contribution in [0.3, 0.4) is 0 Å². The molecule has 0 aliphatic heterocycles. The number of amides is 1. The van der Waals surface area contributed by atoms with Crippen LogP contribution < -0.4 is 11.1 Å². The van der Waals surface area contributed by atoms with Crippen molar-refractivity contribution in [1.82, 2.24) is 10.2 Å². The van der Waals surface area contributed by atoms with Gasteiger partial charge in [-0.05, 0) is 37.7 Å². The molecular weight excluding hydrogens is 226 g/mol. The second kappa shape index (κ2) is 7.71. The molecule has 100 valence electrons. The number of nitrogens with two attached hydrogens (primary N) is 1. The molecule has 0 saturated heterocycles. The molecular formula is C14H23N3O. The van der Waals surface area contributed by atoms with E-state index in [1.807, 2.05) is 0 Å². The fourth-order valence-electron chi connectivity index (χ4n) is 1.85. The quantitative estimate of drug-likeness (QED) is 0.724. The summed E-state index contributed by atoms with van der Waals surface area (Å²) in [6.45, 7) is 7.94. The first kappa shape index (κ1) is 14.5. The Bertz CT molecular complexity index is 379. The van der Waals surface area contributed by atoms with Crippen LogP contribution >= 0.6 is 0 Å². The topological polar surface area (TPSA) is 58.4 Å². The zero-order valence-corrected chi connectivity index (χ0v) is 11.3. The molecule has 1 aromatic carbocycles. The van der Waals surface area contributed by atoms with E-state index in [9.17, 15) is 4.79 Å². The van der Waals surface area contributed by atoms with E-state index in [4.69, 9.17) is 5.73 Å². The van der Waals surface area contributed by atoms with Gasteiger partial charge in [0.1, 0.15) is 0 Å². The minimum Gasteiger partial charge on any atom is -0.399 e. The van der Waals surface area contributed by atoms with E-state index in [0.717, 1.165) is 26.1 Å². The van der Waals surface area contributed by atoms with E-state index in [-0.39, 0.29) is 5.91 Å². The molecule has 0 radical (unpaired) electrons. The molecule has 3 N–H and O–H groups in total. The van der Waals surface area contributed by atoms with Gasteiger partial charge in [0.25, 0.3) is 5.91 Å². The maximum absolute atomic E-state index is 11.8. The van der Waals surface area contributed by atoms with Gasteiger partial charge in [-0.3, -0.25) is 4.79 Å². The first-order chi connectivity index (χ1) is 8.67. The van der Waals surface area contributed by atoms with Gasteiger partial charge in [0.15, 0.2) is 0 Å². The lowest BCUT2D eigenvalue weighted by Gasteiger charge is -2.19. The lowest BCUT2D eigenvalue weighted by Crippen LogP contribution is -2.35. The SMILES string of the molecule is CCCN(CC)CCNC(=O)c1cccc(N)c1. The highest BCUT2D eigenvalue weighted by atomic mass is 16.1. The third-order valence-electron chi connectivity index (χ3n) is 2.85. The molecule has 18 heavy (non-hydrogen) atoms. The van der Waals surface area contributed by atoms with Gasteiger partial charge < -0.3 is 16.0 Å². The Morgan fingerprint density at radius 3 is 2.72 bits per heavy atom. The summed E-state index contributed by atoms with van der Waals surface area (Å²) < 4.78 is 0. The molecule has 4 nitrogen and oxygen atoms in total. The summed E-state index contributed by atoms with van der Waals surface area (Å²) in [5, 5.41) is 2.91. The number of hydrogen-bond acceptors (Lipinski definition) is 3. The Morgan fingerprint density at radius 2 is 2.11 bits per heavy atom. The van der Waals surface area contributed by atoms with Crippen LogP contribution in [0.25, 0.3) is 0 Å². The molecule has 0 spiro atoms. The third kappa shape index (κ3) is 4.75. The molecule has 1 rings (SSSR count). The standard InChI is InChI=1S/C14H23N3O/c1-3-9-17(4-2)10-8-16-14(18)12-6-5-7-13(15)11-12/h5-7,11H,3-4,8-10,15H2,1-2H3,(H,16,18). The molecule has 0 aromatic heterocycles. The van der Waals surface area contributed by atoms with Crippen molar-refractivity contribution >= 4 is 11.6 Å².